The highest BCUT2D eigenvalue weighted by molar-refractivity contribution is 5.92. The van der Waals surface area contributed by atoms with Gasteiger partial charge in [0.25, 0.3) is 0 Å². The average molecular weight is 445 g/mol. The number of fused-ring (bicyclic) bond motifs is 1. The summed E-state index contributed by atoms with van der Waals surface area (Å²) in [5.41, 5.74) is 12.6. The Bertz CT molecular complexity index is 1130. The zero-order chi connectivity index (χ0) is 24.8. The van der Waals surface area contributed by atoms with Crippen LogP contribution in [0, 0.1) is 6.92 Å². The molecule has 0 bridgehead atoms. The van der Waals surface area contributed by atoms with Crippen LogP contribution in [0.4, 0.5) is 0 Å². The molecular formula is C29H36N2O2. The molecule has 2 amide bonds. The van der Waals surface area contributed by atoms with Crippen molar-refractivity contribution in [2.75, 3.05) is 0 Å². The lowest BCUT2D eigenvalue weighted by Gasteiger charge is -2.37. The summed E-state index contributed by atoms with van der Waals surface area (Å²) in [7, 11) is 0. The molecule has 1 aliphatic rings. The van der Waals surface area contributed by atoms with E-state index in [1.165, 1.54) is 16.7 Å². The number of amides is 2. The van der Waals surface area contributed by atoms with E-state index in [-0.39, 0.29) is 17.4 Å². The minimum Gasteiger partial charge on any atom is -0.318 e. The van der Waals surface area contributed by atoms with Gasteiger partial charge in [-0.3, -0.25) is 14.5 Å². The van der Waals surface area contributed by atoms with Gasteiger partial charge in [0.1, 0.15) is 0 Å². The van der Waals surface area contributed by atoms with Crippen molar-refractivity contribution in [1.29, 1.82) is 0 Å². The summed E-state index contributed by atoms with van der Waals surface area (Å²) >= 11 is 0. The number of carbonyl (C=O) groups is 2. The molecule has 2 N–H and O–H groups in total. The SMILES string of the molecule is C=C(c1ccc(CN(C=O)C(=O)C(C)(C)N)cc1)c1cc2c(cc1C)C(C)(C)C=CC2(C)C. The summed E-state index contributed by atoms with van der Waals surface area (Å²) in [5.74, 6) is -0.407. The van der Waals surface area contributed by atoms with Crippen LogP contribution < -0.4 is 5.73 Å². The number of nitrogens with two attached hydrogens (primary N) is 1. The lowest BCUT2D eigenvalue weighted by molar-refractivity contribution is -0.142. The molecule has 174 valence electrons. The summed E-state index contributed by atoms with van der Waals surface area (Å²) < 4.78 is 0. The van der Waals surface area contributed by atoms with Crippen molar-refractivity contribution in [1.82, 2.24) is 4.90 Å². The van der Waals surface area contributed by atoms with Gasteiger partial charge in [0, 0.05) is 10.8 Å². The Balaban J connectivity index is 1.90. The van der Waals surface area contributed by atoms with Crippen LogP contribution in [-0.4, -0.2) is 22.8 Å². The molecule has 33 heavy (non-hydrogen) atoms. The van der Waals surface area contributed by atoms with Crippen LogP contribution in [0.5, 0.6) is 0 Å². The summed E-state index contributed by atoms with van der Waals surface area (Å²) in [6, 6.07) is 12.4. The van der Waals surface area contributed by atoms with Crippen molar-refractivity contribution >= 4 is 17.9 Å². The second kappa shape index (κ2) is 8.42. The molecule has 4 nitrogen and oxygen atoms in total. The Labute approximate surface area is 198 Å². The number of rotatable bonds is 6. The third-order valence-corrected chi connectivity index (χ3v) is 6.59. The van der Waals surface area contributed by atoms with Crippen molar-refractivity contribution in [3.05, 3.63) is 88.5 Å². The van der Waals surface area contributed by atoms with E-state index in [0.29, 0.717) is 6.41 Å². The first-order chi connectivity index (χ1) is 15.2. The third kappa shape index (κ3) is 4.86. The van der Waals surface area contributed by atoms with E-state index in [1.54, 1.807) is 13.8 Å². The van der Waals surface area contributed by atoms with E-state index in [0.717, 1.165) is 27.2 Å². The quantitative estimate of drug-likeness (QED) is 0.479. The Morgan fingerprint density at radius 2 is 1.55 bits per heavy atom. The van der Waals surface area contributed by atoms with Crippen molar-refractivity contribution in [3.8, 4) is 0 Å². The Morgan fingerprint density at radius 1 is 1.03 bits per heavy atom. The largest absolute Gasteiger partial charge is 0.318 e. The molecule has 0 saturated carbocycles. The molecule has 3 rings (SSSR count). The molecule has 1 aliphatic carbocycles. The Morgan fingerprint density at radius 3 is 2.03 bits per heavy atom. The number of carbonyl (C=O) groups excluding carboxylic acids is 2. The molecule has 0 spiro atoms. The minimum absolute atomic E-state index is 0.00287. The highest BCUT2D eigenvalue weighted by atomic mass is 16.2. The van der Waals surface area contributed by atoms with Crippen molar-refractivity contribution < 1.29 is 9.59 Å². The van der Waals surface area contributed by atoms with E-state index >= 15 is 0 Å². The van der Waals surface area contributed by atoms with Crippen LogP contribution in [0.25, 0.3) is 5.57 Å². The lowest BCUT2D eigenvalue weighted by Crippen LogP contribution is -2.50. The normalized spacial score (nSPS) is 16.1. The highest BCUT2D eigenvalue weighted by Crippen LogP contribution is 2.43. The first kappa shape index (κ1) is 24.7. The maximum atomic E-state index is 12.4. The molecular weight excluding hydrogens is 408 g/mol. The molecule has 0 unspecified atom stereocenters. The number of aryl methyl sites for hydroxylation is 1. The number of imide groups is 1. The summed E-state index contributed by atoms with van der Waals surface area (Å²) in [6.45, 7) is 18.9. The zero-order valence-electron chi connectivity index (χ0n) is 21.0. The molecule has 4 heteroatoms. The summed E-state index contributed by atoms with van der Waals surface area (Å²) in [4.78, 5) is 24.9. The minimum atomic E-state index is -1.10. The molecule has 0 fully saturated rings. The van der Waals surface area contributed by atoms with Gasteiger partial charge in [-0.05, 0) is 65.8 Å². The van der Waals surface area contributed by atoms with Gasteiger partial charge >= 0.3 is 0 Å². The Hall–Kier alpha value is -2.98. The van der Waals surface area contributed by atoms with Crippen molar-refractivity contribution in [3.63, 3.8) is 0 Å². The highest BCUT2D eigenvalue weighted by Gasteiger charge is 2.33. The average Bonchev–Trinajstić information content (AvgIpc) is 2.74. The second-order valence-corrected chi connectivity index (χ2v) is 10.9. The molecule has 0 radical (unpaired) electrons. The van der Waals surface area contributed by atoms with E-state index in [4.69, 9.17) is 5.73 Å². The molecule has 0 aromatic heterocycles. The third-order valence-electron chi connectivity index (χ3n) is 6.59. The van der Waals surface area contributed by atoms with Gasteiger partial charge in [0.15, 0.2) is 0 Å². The first-order valence-corrected chi connectivity index (χ1v) is 11.4. The number of allylic oxidation sites excluding steroid dienone is 2. The maximum absolute atomic E-state index is 12.4. The van der Waals surface area contributed by atoms with Crippen LogP contribution in [0.1, 0.15) is 74.9 Å². The van der Waals surface area contributed by atoms with Crippen molar-refractivity contribution in [2.45, 2.75) is 71.4 Å². The van der Waals surface area contributed by atoms with Gasteiger partial charge < -0.3 is 5.73 Å². The smallest absolute Gasteiger partial charge is 0.248 e. The predicted molar refractivity (Wildman–Crippen MR) is 136 cm³/mol. The fraction of sp³-hybridized carbons (Fsp3) is 0.379. The van der Waals surface area contributed by atoms with Crippen LogP contribution in [0.2, 0.25) is 0 Å². The van der Waals surface area contributed by atoms with Crippen molar-refractivity contribution in [2.24, 2.45) is 5.73 Å². The maximum Gasteiger partial charge on any atom is 0.248 e. The van der Waals surface area contributed by atoms with Gasteiger partial charge in [-0.2, -0.15) is 0 Å². The summed E-state index contributed by atoms with van der Waals surface area (Å²) in [5, 5.41) is 0. The van der Waals surface area contributed by atoms with Crippen LogP contribution in [-0.2, 0) is 27.0 Å². The van der Waals surface area contributed by atoms with Gasteiger partial charge in [-0.15, -0.1) is 0 Å². The van der Waals surface area contributed by atoms with E-state index < -0.39 is 11.4 Å². The molecule has 0 aliphatic heterocycles. The molecule has 0 atom stereocenters. The molecule has 0 heterocycles. The second-order valence-electron chi connectivity index (χ2n) is 10.9. The van der Waals surface area contributed by atoms with E-state index in [9.17, 15) is 9.59 Å². The van der Waals surface area contributed by atoms with Gasteiger partial charge in [-0.1, -0.05) is 76.8 Å². The van der Waals surface area contributed by atoms with Gasteiger partial charge in [-0.25, -0.2) is 0 Å². The lowest BCUT2D eigenvalue weighted by atomic mass is 9.67. The van der Waals surface area contributed by atoms with Gasteiger partial charge in [0.05, 0.1) is 12.1 Å². The van der Waals surface area contributed by atoms with Crippen LogP contribution in [0.15, 0.2) is 55.1 Å². The number of benzene rings is 2. The van der Waals surface area contributed by atoms with Crippen LogP contribution >= 0.6 is 0 Å². The predicted octanol–water partition coefficient (Wildman–Crippen LogP) is 5.40. The monoisotopic (exact) mass is 444 g/mol. The molecule has 2 aromatic rings. The molecule has 0 saturated heterocycles. The Kier molecular flexibility index (Phi) is 6.29. The topological polar surface area (TPSA) is 63.4 Å². The number of nitrogens with zero attached hydrogens (tertiary/aromatic N) is 1. The molecule has 2 aromatic carbocycles. The zero-order valence-corrected chi connectivity index (χ0v) is 21.0. The number of hydrogen-bond acceptors (Lipinski definition) is 3. The fourth-order valence-corrected chi connectivity index (χ4v) is 4.39. The first-order valence-electron chi connectivity index (χ1n) is 11.4. The fourth-order valence-electron chi connectivity index (χ4n) is 4.39. The van der Waals surface area contributed by atoms with E-state index in [2.05, 4.69) is 65.5 Å². The van der Waals surface area contributed by atoms with Gasteiger partial charge in [0.2, 0.25) is 12.3 Å². The van der Waals surface area contributed by atoms with E-state index in [1.807, 2.05) is 24.3 Å². The number of hydrogen-bond donors (Lipinski definition) is 1. The summed E-state index contributed by atoms with van der Waals surface area (Å²) in [6.07, 6.45) is 5.15. The standard InChI is InChI=1S/C29H36N2O2/c1-19-15-24-25(28(5,6)14-13-27(24,3)4)16-23(19)20(2)22-11-9-21(10-12-22)17-31(18-32)26(33)29(7,8)30/h9-16,18H,2,17,30H2,1,3-8H3. The van der Waals surface area contributed by atoms with Crippen LogP contribution in [0.3, 0.4) is 0 Å².